The van der Waals surface area contributed by atoms with Gasteiger partial charge in [0.15, 0.2) is 17.6 Å². The number of likely N-dealkylation sites (N-methyl/N-ethyl adjacent to an activating group) is 1. The maximum Gasteiger partial charge on any atom is 0.336 e. The Morgan fingerprint density at radius 3 is 2.70 bits per heavy atom. The van der Waals surface area contributed by atoms with Crippen LogP contribution in [0.2, 0.25) is 0 Å². The van der Waals surface area contributed by atoms with Crippen LogP contribution in [0.3, 0.4) is 0 Å². The van der Waals surface area contributed by atoms with Crippen LogP contribution in [-0.2, 0) is 31.0 Å². The van der Waals surface area contributed by atoms with E-state index in [0.29, 0.717) is 24.3 Å². The van der Waals surface area contributed by atoms with Gasteiger partial charge in [-0.2, -0.15) is 0 Å². The number of aliphatic carboxylic acids is 1. The molecule has 2 aliphatic carbocycles. The third kappa shape index (κ3) is 3.65. The van der Waals surface area contributed by atoms with Gasteiger partial charge in [-0.05, 0) is 50.1 Å². The molecule has 0 aromatic heterocycles. The molecule has 4 aliphatic rings. The van der Waals surface area contributed by atoms with Crippen molar-refractivity contribution in [3.8, 4) is 11.5 Å². The van der Waals surface area contributed by atoms with Gasteiger partial charge < -0.3 is 34.6 Å². The molecule has 3 N–H and O–H groups in total. The van der Waals surface area contributed by atoms with Crippen molar-refractivity contribution in [2.75, 3.05) is 20.7 Å². The van der Waals surface area contributed by atoms with Crippen LogP contribution in [0.25, 0.3) is 0 Å². The van der Waals surface area contributed by atoms with Gasteiger partial charge in [-0.25, -0.2) is 9.59 Å². The first-order chi connectivity index (χ1) is 17.5. The van der Waals surface area contributed by atoms with Crippen LogP contribution in [0.1, 0.15) is 37.8 Å². The predicted octanol–water partition coefficient (Wildman–Crippen LogP) is 1.30. The average Bonchev–Trinajstić information content (AvgIpc) is 3.20. The Labute approximate surface area is 214 Å². The fourth-order valence-electron chi connectivity index (χ4n) is 6.60. The summed E-state index contributed by atoms with van der Waals surface area (Å²) in [5, 5.41) is 23.8. The number of carbonyl (C=O) groups is 3. The van der Waals surface area contributed by atoms with Crippen molar-refractivity contribution in [1.82, 2.24) is 10.2 Å². The molecule has 5 rings (SSSR count). The number of likely N-dealkylation sites (tertiary alicyclic amines) is 1. The number of nitrogens with one attached hydrogen (secondary N) is 1. The van der Waals surface area contributed by atoms with E-state index in [9.17, 15) is 24.6 Å². The second-order valence-electron chi connectivity index (χ2n) is 10.6. The number of rotatable bonds is 7. The van der Waals surface area contributed by atoms with Gasteiger partial charge in [0, 0.05) is 30.2 Å². The number of amides is 1. The quantitative estimate of drug-likeness (QED) is 0.365. The minimum absolute atomic E-state index is 0.126. The minimum Gasteiger partial charge on any atom is -0.493 e. The monoisotopic (exact) mass is 512 g/mol. The number of ether oxygens (including phenoxy) is 3. The Balaban J connectivity index is 1.43. The molecule has 37 heavy (non-hydrogen) atoms. The normalized spacial score (nSPS) is 30.3. The topological polar surface area (TPSA) is 135 Å². The molecule has 0 radical (unpaired) electrons. The molecular formula is C27H32N2O8. The maximum atomic E-state index is 12.7. The van der Waals surface area contributed by atoms with E-state index in [1.54, 1.807) is 27.0 Å². The summed E-state index contributed by atoms with van der Waals surface area (Å²) in [5.41, 5.74) is 0.0818. The van der Waals surface area contributed by atoms with Crippen molar-refractivity contribution in [2.45, 2.75) is 62.3 Å². The highest BCUT2D eigenvalue weighted by molar-refractivity contribution is 5.96. The van der Waals surface area contributed by atoms with Crippen molar-refractivity contribution in [3.63, 3.8) is 0 Å². The van der Waals surface area contributed by atoms with E-state index in [2.05, 4.69) is 10.2 Å². The molecule has 1 fully saturated rings. The maximum absolute atomic E-state index is 12.7. The Hall–Kier alpha value is -3.37. The van der Waals surface area contributed by atoms with Crippen LogP contribution in [0.4, 0.5) is 0 Å². The van der Waals surface area contributed by atoms with Crippen LogP contribution >= 0.6 is 0 Å². The Morgan fingerprint density at radius 2 is 2.03 bits per heavy atom. The number of carbonyl (C=O) groups excluding carboxylic acids is 2. The van der Waals surface area contributed by atoms with E-state index >= 15 is 0 Å². The standard InChI is InChI=1S/C27H32N2O8/c1-14(2)22(25(32)33)28-19(30)7-8-20(31)36-17-9-10-27(34)18-13-15-5-6-16(35-4)23-21(15)26(27,24(17)37-23)11-12-29(18)3/h5-9,14,18,22,24,34H,10-13H2,1-4H3,(H,28,30)(H,32,33)/b8-7+/t18-,22?,24?,26+,27-/m1/s1. The van der Waals surface area contributed by atoms with Crippen LogP contribution < -0.4 is 14.8 Å². The van der Waals surface area contributed by atoms with Crippen molar-refractivity contribution in [1.29, 1.82) is 0 Å². The lowest BCUT2D eigenvalue weighted by atomic mass is 9.50. The second-order valence-corrected chi connectivity index (χ2v) is 10.6. The van der Waals surface area contributed by atoms with Crippen molar-refractivity contribution >= 4 is 17.8 Å². The number of benzene rings is 1. The number of carboxylic acids is 1. The van der Waals surface area contributed by atoms with Crippen molar-refractivity contribution in [3.05, 3.63) is 47.2 Å². The zero-order chi connectivity index (χ0) is 26.7. The fourth-order valence-corrected chi connectivity index (χ4v) is 6.60. The summed E-state index contributed by atoms with van der Waals surface area (Å²) in [6.45, 7) is 4.09. The summed E-state index contributed by atoms with van der Waals surface area (Å²) in [7, 11) is 3.58. The van der Waals surface area contributed by atoms with Gasteiger partial charge in [0.25, 0.3) is 0 Å². The summed E-state index contributed by atoms with van der Waals surface area (Å²) in [4.78, 5) is 38.4. The van der Waals surface area contributed by atoms with E-state index in [4.69, 9.17) is 14.2 Å². The lowest BCUT2D eigenvalue weighted by Gasteiger charge is -2.61. The third-order valence-electron chi connectivity index (χ3n) is 8.38. The Bertz CT molecular complexity index is 1220. The van der Waals surface area contributed by atoms with Gasteiger partial charge in [-0.15, -0.1) is 0 Å². The Morgan fingerprint density at radius 1 is 1.27 bits per heavy atom. The third-order valence-corrected chi connectivity index (χ3v) is 8.38. The second kappa shape index (κ2) is 8.88. The number of aliphatic hydroxyl groups is 1. The molecule has 10 heteroatoms. The fraction of sp³-hybridized carbons (Fsp3) is 0.519. The van der Waals surface area contributed by atoms with Gasteiger partial charge in [-0.3, -0.25) is 4.79 Å². The number of piperidine rings is 1. The molecule has 1 saturated heterocycles. The molecular weight excluding hydrogens is 480 g/mol. The lowest BCUT2D eigenvalue weighted by molar-refractivity contribution is -0.168. The van der Waals surface area contributed by atoms with E-state index in [1.165, 1.54) is 0 Å². The molecule has 1 aromatic carbocycles. The largest absolute Gasteiger partial charge is 0.493 e. The van der Waals surface area contributed by atoms with Gasteiger partial charge in [-0.1, -0.05) is 19.9 Å². The SMILES string of the molecule is COc1ccc2c3c1OC1C(OC(=O)/C=C/C(=O)NC(C(=O)O)C(C)C)=CC[C@@]4(O)[C@@H](C2)N(C)CC[C@]314. The predicted molar refractivity (Wildman–Crippen MR) is 131 cm³/mol. The van der Waals surface area contributed by atoms with Crippen LogP contribution in [0, 0.1) is 5.92 Å². The molecule has 10 nitrogen and oxygen atoms in total. The zero-order valence-corrected chi connectivity index (χ0v) is 21.3. The number of hydrogen-bond acceptors (Lipinski definition) is 8. The summed E-state index contributed by atoms with van der Waals surface area (Å²) in [6, 6.07) is 2.67. The number of carboxylic acid groups (broad SMARTS) is 1. The number of hydrogen-bond donors (Lipinski definition) is 3. The van der Waals surface area contributed by atoms with Crippen LogP contribution in [-0.4, -0.2) is 77.4 Å². The molecule has 2 unspecified atom stereocenters. The number of nitrogens with zero attached hydrogens (tertiary/aromatic N) is 1. The molecule has 2 bridgehead atoms. The lowest BCUT2D eigenvalue weighted by Crippen LogP contribution is -2.74. The summed E-state index contributed by atoms with van der Waals surface area (Å²) in [6.07, 6.45) is 4.43. The van der Waals surface area contributed by atoms with Gasteiger partial charge in [0.2, 0.25) is 5.91 Å². The highest BCUT2D eigenvalue weighted by Gasteiger charge is 2.72. The van der Waals surface area contributed by atoms with Crippen LogP contribution in [0.5, 0.6) is 11.5 Å². The summed E-state index contributed by atoms with van der Waals surface area (Å²) >= 11 is 0. The first-order valence-electron chi connectivity index (χ1n) is 12.5. The minimum atomic E-state index is -1.16. The van der Waals surface area contributed by atoms with E-state index in [-0.39, 0.29) is 24.1 Å². The van der Waals surface area contributed by atoms with Crippen molar-refractivity contribution < 1.29 is 38.8 Å². The molecule has 1 aromatic rings. The van der Waals surface area contributed by atoms with E-state index < -0.39 is 41.0 Å². The number of methoxy groups -OCH3 is 1. The smallest absolute Gasteiger partial charge is 0.336 e. The molecule has 2 heterocycles. The summed E-state index contributed by atoms with van der Waals surface area (Å²) in [5.74, 6) is -1.60. The molecule has 1 spiro atoms. The molecule has 198 valence electrons. The summed E-state index contributed by atoms with van der Waals surface area (Å²) < 4.78 is 17.7. The van der Waals surface area contributed by atoms with Gasteiger partial charge >= 0.3 is 11.9 Å². The van der Waals surface area contributed by atoms with E-state index in [0.717, 1.165) is 29.8 Å². The molecule has 1 amide bonds. The molecule has 2 aliphatic heterocycles. The van der Waals surface area contributed by atoms with Crippen molar-refractivity contribution in [2.24, 2.45) is 5.92 Å². The average molecular weight is 513 g/mol. The highest BCUT2D eigenvalue weighted by Crippen LogP contribution is 2.65. The first-order valence-corrected chi connectivity index (χ1v) is 12.5. The zero-order valence-electron chi connectivity index (χ0n) is 21.3. The molecule has 5 atom stereocenters. The number of esters is 1. The Kier molecular flexibility index (Phi) is 6.07. The highest BCUT2D eigenvalue weighted by atomic mass is 16.6. The molecule has 0 saturated carbocycles. The van der Waals surface area contributed by atoms with Crippen LogP contribution in [0.15, 0.2) is 36.1 Å². The first kappa shape index (κ1) is 25.3. The van der Waals surface area contributed by atoms with Gasteiger partial charge in [0.05, 0.1) is 18.1 Å². The van der Waals surface area contributed by atoms with Gasteiger partial charge in [0.1, 0.15) is 11.8 Å². The van der Waals surface area contributed by atoms with E-state index in [1.807, 2.05) is 19.2 Å².